The molecule has 2 rings (SSSR count). The molecule has 3 heteroatoms. The molecule has 0 unspecified atom stereocenters. The summed E-state index contributed by atoms with van der Waals surface area (Å²) in [4.78, 5) is 2.26. The van der Waals surface area contributed by atoms with Gasteiger partial charge in [0.1, 0.15) is 0 Å². The molecule has 0 amide bonds. The molecule has 0 radical (unpaired) electrons. The molecule has 1 saturated heterocycles. The zero-order valence-electron chi connectivity index (χ0n) is 4.96. The highest BCUT2D eigenvalue weighted by atomic mass is 15.5. The second-order valence-corrected chi connectivity index (χ2v) is 2.67. The standard InChI is InChI=1S/C5H9N3/c1-8-3-2-5(4-8)6-7-5/h2-4H2,1H3. The number of likely N-dealkylation sites (N-methyl/N-ethyl adjacent to an activating group) is 1. The predicted molar refractivity (Wildman–Crippen MR) is 29.7 cm³/mol. The highest BCUT2D eigenvalue weighted by Gasteiger charge is 2.45. The Labute approximate surface area is 48.4 Å². The molecule has 1 spiro atoms. The Morgan fingerprint density at radius 2 is 2.25 bits per heavy atom. The summed E-state index contributed by atoms with van der Waals surface area (Å²) in [6.07, 6.45) is 1.14. The zero-order valence-corrected chi connectivity index (χ0v) is 4.96. The van der Waals surface area contributed by atoms with Crippen molar-refractivity contribution in [1.82, 2.24) is 4.90 Å². The van der Waals surface area contributed by atoms with Crippen LogP contribution in [0, 0.1) is 0 Å². The molecular formula is C5H9N3. The Kier molecular flexibility index (Phi) is 0.612. The highest BCUT2D eigenvalue weighted by molar-refractivity contribution is 5.00. The van der Waals surface area contributed by atoms with Crippen molar-refractivity contribution in [3.63, 3.8) is 0 Å². The highest BCUT2D eigenvalue weighted by Crippen LogP contribution is 2.36. The molecule has 0 aliphatic carbocycles. The molecule has 2 aliphatic heterocycles. The van der Waals surface area contributed by atoms with Crippen molar-refractivity contribution >= 4 is 0 Å². The first-order valence-corrected chi connectivity index (χ1v) is 2.93. The van der Waals surface area contributed by atoms with Gasteiger partial charge < -0.3 is 4.90 Å². The van der Waals surface area contributed by atoms with Gasteiger partial charge in [-0.3, -0.25) is 0 Å². The van der Waals surface area contributed by atoms with Gasteiger partial charge in [0.2, 0.25) is 5.66 Å². The van der Waals surface area contributed by atoms with Gasteiger partial charge >= 0.3 is 0 Å². The van der Waals surface area contributed by atoms with Gasteiger partial charge in [-0.1, -0.05) is 0 Å². The number of hydrogen-bond donors (Lipinski definition) is 0. The average molecular weight is 111 g/mol. The quantitative estimate of drug-likeness (QED) is 0.447. The molecule has 0 atom stereocenters. The van der Waals surface area contributed by atoms with Gasteiger partial charge in [-0.05, 0) is 7.05 Å². The average Bonchev–Trinajstić information content (AvgIpc) is 2.34. The fraction of sp³-hybridized carbons (Fsp3) is 1.00. The lowest BCUT2D eigenvalue weighted by atomic mass is 10.2. The topological polar surface area (TPSA) is 28.0 Å². The van der Waals surface area contributed by atoms with Crippen LogP contribution in [0.2, 0.25) is 0 Å². The molecule has 44 valence electrons. The van der Waals surface area contributed by atoms with Crippen LogP contribution >= 0.6 is 0 Å². The molecule has 0 N–H and O–H groups in total. The second kappa shape index (κ2) is 1.10. The van der Waals surface area contributed by atoms with E-state index in [4.69, 9.17) is 0 Å². The van der Waals surface area contributed by atoms with Gasteiger partial charge in [-0.15, -0.1) is 0 Å². The first-order chi connectivity index (χ1) is 3.81. The van der Waals surface area contributed by atoms with Crippen molar-refractivity contribution < 1.29 is 0 Å². The minimum absolute atomic E-state index is 0.0920. The Morgan fingerprint density at radius 3 is 2.50 bits per heavy atom. The van der Waals surface area contributed by atoms with Gasteiger partial charge in [0.05, 0.1) is 0 Å². The minimum atomic E-state index is 0.0920. The smallest absolute Gasteiger partial charge is 0.204 e. The molecule has 0 bridgehead atoms. The maximum Gasteiger partial charge on any atom is 0.204 e. The monoisotopic (exact) mass is 111 g/mol. The van der Waals surface area contributed by atoms with Crippen molar-refractivity contribution in [2.75, 3.05) is 20.1 Å². The lowest BCUT2D eigenvalue weighted by Crippen LogP contribution is -2.18. The zero-order chi connectivity index (χ0) is 5.61. The lowest BCUT2D eigenvalue weighted by Gasteiger charge is -2.02. The van der Waals surface area contributed by atoms with Crippen LogP contribution in [0.15, 0.2) is 10.2 Å². The van der Waals surface area contributed by atoms with E-state index in [0.717, 1.165) is 19.5 Å². The van der Waals surface area contributed by atoms with E-state index in [0.29, 0.717) is 0 Å². The summed E-state index contributed by atoms with van der Waals surface area (Å²) in [6.45, 7) is 2.21. The van der Waals surface area contributed by atoms with Crippen LogP contribution in [-0.4, -0.2) is 30.7 Å². The van der Waals surface area contributed by atoms with Crippen molar-refractivity contribution in [3.05, 3.63) is 0 Å². The first-order valence-electron chi connectivity index (χ1n) is 2.93. The Morgan fingerprint density at radius 1 is 1.50 bits per heavy atom. The van der Waals surface area contributed by atoms with Crippen LogP contribution < -0.4 is 0 Å². The van der Waals surface area contributed by atoms with E-state index in [1.165, 1.54) is 0 Å². The van der Waals surface area contributed by atoms with Crippen LogP contribution in [0.5, 0.6) is 0 Å². The molecule has 3 nitrogen and oxygen atoms in total. The summed E-state index contributed by atoms with van der Waals surface area (Å²) in [7, 11) is 2.11. The third kappa shape index (κ3) is 0.478. The molecule has 0 aromatic rings. The van der Waals surface area contributed by atoms with E-state index in [1.54, 1.807) is 0 Å². The minimum Gasteiger partial charge on any atom is -0.302 e. The van der Waals surface area contributed by atoms with Crippen LogP contribution in [0.25, 0.3) is 0 Å². The Balaban J connectivity index is 2.04. The Bertz CT molecular complexity index is 135. The van der Waals surface area contributed by atoms with Crippen LogP contribution in [0.3, 0.4) is 0 Å². The van der Waals surface area contributed by atoms with Gasteiger partial charge in [0.25, 0.3) is 0 Å². The predicted octanol–water partition coefficient (Wildman–Crippen LogP) is 0.484. The second-order valence-electron chi connectivity index (χ2n) is 2.67. The third-order valence-corrected chi connectivity index (χ3v) is 1.80. The number of rotatable bonds is 0. The van der Waals surface area contributed by atoms with Gasteiger partial charge in [-0.25, -0.2) is 0 Å². The summed E-state index contributed by atoms with van der Waals surface area (Å²) < 4.78 is 0. The van der Waals surface area contributed by atoms with Crippen LogP contribution in [-0.2, 0) is 0 Å². The van der Waals surface area contributed by atoms with E-state index in [2.05, 4.69) is 22.2 Å². The normalized spacial score (nSPS) is 32.1. The largest absolute Gasteiger partial charge is 0.302 e. The molecule has 0 aromatic heterocycles. The maximum absolute atomic E-state index is 3.97. The molecule has 2 aliphatic rings. The molecule has 1 fully saturated rings. The number of hydrogen-bond acceptors (Lipinski definition) is 3. The first kappa shape index (κ1) is 4.44. The van der Waals surface area contributed by atoms with E-state index in [9.17, 15) is 0 Å². The van der Waals surface area contributed by atoms with Gasteiger partial charge in [-0.2, -0.15) is 10.2 Å². The van der Waals surface area contributed by atoms with Crippen LogP contribution in [0.1, 0.15) is 6.42 Å². The van der Waals surface area contributed by atoms with Crippen molar-refractivity contribution in [2.24, 2.45) is 10.2 Å². The third-order valence-electron chi connectivity index (χ3n) is 1.80. The SMILES string of the molecule is CN1CCC2(C1)N=N2. The maximum atomic E-state index is 3.97. The number of likely N-dealkylation sites (tertiary alicyclic amines) is 1. The summed E-state index contributed by atoms with van der Waals surface area (Å²) in [5.41, 5.74) is 0.0920. The molecule has 2 heterocycles. The fourth-order valence-electron chi connectivity index (χ4n) is 1.19. The summed E-state index contributed by atoms with van der Waals surface area (Å²) in [6, 6.07) is 0. The van der Waals surface area contributed by atoms with Crippen LogP contribution in [0.4, 0.5) is 0 Å². The van der Waals surface area contributed by atoms with Crippen molar-refractivity contribution in [2.45, 2.75) is 12.1 Å². The summed E-state index contributed by atoms with van der Waals surface area (Å²) >= 11 is 0. The molecular weight excluding hydrogens is 102 g/mol. The molecule has 0 aromatic carbocycles. The molecule has 0 saturated carbocycles. The van der Waals surface area contributed by atoms with E-state index >= 15 is 0 Å². The molecule has 8 heavy (non-hydrogen) atoms. The number of nitrogens with zero attached hydrogens (tertiary/aromatic N) is 3. The van der Waals surface area contributed by atoms with E-state index in [-0.39, 0.29) is 5.66 Å². The van der Waals surface area contributed by atoms with Gasteiger partial charge in [0.15, 0.2) is 0 Å². The fourth-order valence-corrected chi connectivity index (χ4v) is 1.19. The van der Waals surface area contributed by atoms with E-state index in [1.807, 2.05) is 0 Å². The van der Waals surface area contributed by atoms with Crippen molar-refractivity contribution in [1.29, 1.82) is 0 Å². The summed E-state index contributed by atoms with van der Waals surface area (Å²) in [5.74, 6) is 0. The summed E-state index contributed by atoms with van der Waals surface area (Å²) in [5, 5.41) is 7.93. The Hall–Kier alpha value is -0.440. The van der Waals surface area contributed by atoms with Crippen molar-refractivity contribution in [3.8, 4) is 0 Å². The lowest BCUT2D eigenvalue weighted by molar-refractivity contribution is 0.404. The van der Waals surface area contributed by atoms with Gasteiger partial charge in [0, 0.05) is 19.5 Å². The van der Waals surface area contributed by atoms with E-state index < -0.39 is 0 Å².